The highest BCUT2D eigenvalue weighted by Crippen LogP contribution is 2.47. The van der Waals surface area contributed by atoms with E-state index in [-0.39, 0.29) is 28.6 Å². The zero-order chi connectivity index (χ0) is 24.6. The van der Waals surface area contributed by atoms with Gasteiger partial charge in [-0.1, -0.05) is 13.0 Å². The lowest BCUT2D eigenvalue weighted by molar-refractivity contribution is -0.137. The van der Waals surface area contributed by atoms with Crippen LogP contribution in [0.3, 0.4) is 0 Å². The van der Waals surface area contributed by atoms with Crippen molar-refractivity contribution in [2.75, 3.05) is 12.3 Å². The van der Waals surface area contributed by atoms with Crippen LogP contribution in [0.2, 0.25) is 0 Å². The molecule has 0 radical (unpaired) electrons. The second-order valence-corrected chi connectivity index (χ2v) is 9.12. The standard InChI is InChI=1S/C24H19F4N5O2/c1-11-4-20-21(13-3-2-12(24(26,27)28)5-19(13)35-20)32(9-11)23(34)14-6-17-16(7-15(14)25)31-22(29)18-8-30-10-33(17)18/h2-3,5-8,10-11,20-21H,4,9H2,1H3,(H2,29,31). The molecule has 11 heteroatoms. The normalized spacial score (nSPS) is 21.7. The molecule has 0 bridgehead atoms. The number of piperidine rings is 1. The van der Waals surface area contributed by atoms with Gasteiger partial charge in [-0.15, -0.1) is 0 Å². The SMILES string of the molecule is CC1CC2Oc3cc(C(F)(F)F)ccc3C2N(C(=O)c2cc3c(cc2F)nc(N)c2cncn23)C1. The molecule has 7 nitrogen and oxygen atoms in total. The minimum atomic E-state index is -4.51. The van der Waals surface area contributed by atoms with Crippen molar-refractivity contribution < 1.29 is 27.1 Å². The van der Waals surface area contributed by atoms with Crippen molar-refractivity contribution in [2.24, 2.45) is 5.92 Å². The zero-order valence-corrected chi connectivity index (χ0v) is 18.4. The molecular formula is C24H19F4N5O2. The van der Waals surface area contributed by atoms with Crippen LogP contribution in [0, 0.1) is 11.7 Å². The van der Waals surface area contributed by atoms with Crippen molar-refractivity contribution in [1.82, 2.24) is 19.3 Å². The maximum atomic E-state index is 15.2. The summed E-state index contributed by atoms with van der Waals surface area (Å²) in [5.74, 6) is -1.07. The summed E-state index contributed by atoms with van der Waals surface area (Å²) in [4.78, 5) is 23.5. The molecule has 4 aromatic rings. The van der Waals surface area contributed by atoms with Crippen molar-refractivity contribution in [3.63, 3.8) is 0 Å². The first-order valence-electron chi connectivity index (χ1n) is 11.0. The minimum absolute atomic E-state index is 0.00179. The Morgan fingerprint density at radius 1 is 1.20 bits per heavy atom. The smallest absolute Gasteiger partial charge is 0.416 e. The number of amides is 1. The Kier molecular flexibility index (Phi) is 4.51. The molecule has 3 atom stereocenters. The van der Waals surface area contributed by atoms with E-state index in [1.165, 1.54) is 29.6 Å². The number of nitrogen functional groups attached to an aromatic ring is 1. The first-order chi connectivity index (χ1) is 16.6. The summed E-state index contributed by atoms with van der Waals surface area (Å²) in [5.41, 5.74) is 6.66. The summed E-state index contributed by atoms with van der Waals surface area (Å²) >= 11 is 0. The number of nitrogens with two attached hydrogens (primary N) is 1. The highest BCUT2D eigenvalue weighted by Gasteiger charge is 2.46. The fourth-order valence-electron chi connectivity index (χ4n) is 5.18. The average Bonchev–Trinajstić information content (AvgIpc) is 3.42. The van der Waals surface area contributed by atoms with Crippen LogP contribution in [0.1, 0.15) is 40.9 Å². The lowest BCUT2D eigenvalue weighted by Gasteiger charge is -2.39. The molecule has 2 aliphatic rings. The van der Waals surface area contributed by atoms with Crippen molar-refractivity contribution >= 4 is 28.3 Å². The van der Waals surface area contributed by atoms with E-state index >= 15 is 4.39 Å². The van der Waals surface area contributed by atoms with Gasteiger partial charge in [0, 0.05) is 18.2 Å². The number of hydrogen-bond acceptors (Lipinski definition) is 5. The number of aromatic nitrogens is 3. The molecule has 1 amide bonds. The van der Waals surface area contributed by atoms with Gasteiger partial charge < -0.3 is 15.4 Å². The predicted molar refractivity (Wildman–Crippen MR) is 118 cm³/mol. The number of hydrogen-bond donors (Lipinski definition) is 1. The van der Waals surface area contributed by atoms with Crippen LogP contribution in [-0.4, -0.2) is 37.8 Å². The minimum Gasteiger partial charge on any atom is -0.488 e. The number of imidazole rings is 1. The molecule has 1 fully saturated rings. The molecule has 2 aliphatic heterocycles. The number of anilines is 1. The number of ether oxygens (including phenoxy) is 1. The topological polar surface area (TPSA) is 85.8 Å². The van der Waals surface area contributed by atoms with Gasteiger partial charge in [0.25, 0.3) is 5.91 Å². The van der Waals surface area contributed by atoms with Gasteiger partial charge in [0.15, 0.2) is 0 Å². The lowest BCUT2D eigenvalue weighted by Crippen LogP contribution is -2.47. The van der Waals surface area contributed by atoms with E-state index in [0.717, 1.165) is 18.2 Å². The van der Waals surface area contributed by atoms with Gasteiger partial charge in [0.2, 0.25) is 0 Å². The second kappa shape index (κ2) is 7.30. The molecule has 0 spiro atoms. The molecule has 1 saturated heterocycles. The number of likely N-dealkylation sites (tertiary alicyclic amines) is 1. The van der Waals surface area contributed by atoms with Gasteiger partial charge in [-0.05, 0) is 30.5 Å². The molecule has 0 aliphatic carbocycles. The van der Waals surface area contributed by atoms with E-state index in [1.54, 1.807) is 4.40 Å². The molecule has 2 N–H and O–H groups in total. The molecule has 3 unspecified atom stereocenters. The summed E-state index contributed by atoms with van der Waals surface area (Å²) in [7, 11) is 0. The average molecular weight is 485 g/mol. The highest BCUT2D eigenvalue weighted by atomic mass is 19.4. The van der Waals surface area contributed by atoms with Gasteiger partial charge in [0.05, 0.1) is 40.7 Å². The van der Waals surface area contributed by atoms with Crippen LogP contribution in [0.4, 0.5) is 23.4 Å². The number of alkyl halides is 3. The Balaban J connectivity index is 1.44. The maximum Gasteiger partial charge on any atom is 0.416 e. The number of benzene rings is 2. The highest BCUT2D eigenvalue weighted by molar-refractivity contribution is 5.99. The zero-order valence-electron chi connectivity index (χ0n) is 18.4. The Hall–Kier alpha value is -3.89. The third-order valence-corrected chi connectivity index (χ3v) is 6.73. The van der Waals surface area contributed by atoms with Crippen molar-refractivity contribution in [1.29, 1.82) is 0 Å². The fourth-order valence-corrected chi connectivity index (χ4v) is 5.18. The largest absolute Gasteiger partial charge is 0.488 e. The molecule has 35 heavy (non-hydrogen) atoms. The first kappa shape index (κ1) is 21.6. The lowest BCUT2D eigenvalue weighted by atomic mass is 9.88. The summed E-state index contributed by atoms with van der Waals surface area (Å²) in [6.45, 7) is 2.23. The maximum absolute atomic E-state index is 15.2. The fraction of sp³-hybridized carbons (Fsp3) is 0.292. The second-order valence-electron chi connectivity index (χ2n) is 9.12. The van der Waals surface area contributed by atoms with Crippen LogP contribution in [0.5, 0.6) is 5.75 Å². The molecule has 4 heterocycles. The van der Waals surface area contributed by atoms with E-state index in [9.17, 15) is 18.0 Å². The van der Waals surface area contributed by atoms with Gasteiger partial charge >= 0.3 is 6.18 Å². The third-order valence-electron chi connectivity index (χ3n) is 6.73. The van der Waals surface area contributed by atoms with Crippen LogP contribution in [0.15, 0.2) is 42.9 Å². The Morgan fingerprint density at radius 3 is 2.77 bits per heavy atom. The van der Waals surface area contributed by atoms with E-state index in [2.05, 4.69) is 9.97 Å². The van der Waals surface area contributed by atoms with E-state index < -0.39 is 35.6 Å². The van der Waals surface area contributed by atoms with Crippen LogP contribution in [-0.2, 0) is 6.18 Å². The van der Waals surface area contributed by atoms with E-state index in [1.807, 2.05) is 6.92 Å². The number of carbonyl (C=O) groups is 1. The molecule has 6 rings (SSSR count). The van der Waals surface area contributed by atoms with Crippen molar-refractivity contribution in [2.45, 2.75) is 31.7 Å². The molecular weight excluding hydrogens is 466 g/mol. The quantitative estimate of drug-likeness (QED) is 0.398. The summed E-state index contributed by atoms with van der Waals surface area (Å²) < 4.78 is 62.3. The van der Waals surface area contributed by atoms with E-state index in [0.29, 0.717) is 29.6 Å². The summed E-state index contributed by atoms with van der Waals surface area (Å²) in [6, 6.07) is 5.22. The first-order valence-corrected chi connectivity index (χ1v) is 11.0. The Bertz CT molecular complexity index is 1520. The molecule has 2 aromatic heterocycles. The van der Waals surface area contributed by atoms with Crippen LogP contribution in [0.25, 0.3) is 16.6 Å². The molecule has 180 valence electrons. The van der Waals surface area contributed by atoms with Crippen molar-refractivity contribution in [3.8, 4) is 5.75 Å². The predicted octanol–water partition coefficient (Wildman–Crippen LogP) is 4.61. The van der Waals surface area contributed by atoms with Crippen LogP contribution >= 0.6 is 0 Å². The van der Waals surface area contributed by atoms with Gasteiger partial charge in [0.1, 0.15) is 29.0 Å². The number of rotatable bonds is 1. The third kappa shape index (κ3) is 3.28. The molecule has 0 saturated carbocycles. The molecule has 2 aromatic carbocycles. The number of nitrogens with zero attached hydrogens (tertiary/aromatic N) is 4. The number of carbonyl (C=O) groups excluding carboxylic acids is 1. The van der Waals surface area contributed by atoms with Gasteiger partial charge in [-0.25, -0.2) is 14.4 Å². The Morgan fingerprint density at radius 2 is 2.00 bits per heavy atom. The Labute approximate surface area is 196 Å². The number of fused-ring (bicyclic) bond motifs is 6. The van der Waals surface area contributed by atoms with E-state index in [4.69, 9.17) is 10.5 Å². The van der Waals surface area contributed by atoms with Gasteiger partial charge in [-0.3, -0.25) is 9.20 Å². The monoisotopic (exact) mass is 485 g/mol. The number of halogens is 4. The van der Waals surface area contributed by atoms with Crippen molar-refractivity contribution in [3.05, 3.63) is 65.4 Å². The summed E-state index contributed by atoms with van der Waals surface area (Å²) in [5, 5.41) is 0. The van der Waals surface area contributed by atoms with Gasteiger partial charge in [-0.2, -0.15) is 13.2 Å². The van der Waals surface area contributed by atoms with Crippen LogP contribution < -0.4 is 10.5 Å². The summed E-state index contributed by atoms with van der Waals surface area (Å²) in [6.07, 6.45) is -1.46.